The molecule has 0 atom stereocenters. The first kappa shape index (κ1) is 7.52. The molecule has 56 valence electrons. The Morgan fingerprint density at radius 1 is 1.30 bits per heavy atom. The van der Waals surface area contributed by atoms with Crippen molar-refractivity contribution in [2.45, 2.75) is 32.1 Å². The minimum Gasteiger partial charge on any atom is -0.303 e. The van der Waals surface area contributed by atoms with E-state index >= 15 is 0 Å². The van der Waals surface area contributed by atoms with E-state index in [-0.39, 0.29) is 0 Å². The second-order valence-corrected chi connectivity index (χ2v) is 2.88. The molecular formula is C9H14O. The van der Waals surface area contributed by atoms with E-state index in [1.807, 2.05) is 6.08 Å². The summed E-state index contributed by atoms with van der Waals surface area (Å²) < 4.78 is 0. The van der Waals surface area contributed by atoms with E-state index in [1.54, 1.807) is 0 Å². The van der Waals surface area contributed by atoms with Crippen LogP contribution < -0.4 is 0 Å². The number of carbonyl (C=O) groups excluding carboxylic acids is 1. The van der Waals surface area contributed by atoms with Gasteiger partial charge in [-0.25, -0.2) is 0 Å². The zero-order valence-corrected chi connectivity index (χ0v) is 6.25. The number of rotatable bonds is 3. The van der Waals surface area contributed by atoms with Crippen molar-refractivity contribution in [2.75, 3.05) is 0 Å². The summed E-state index contributed by atoms with van der Waals surface area (Å²) in [5.41, 5.74) is 0. The van der Waals surface area contributed by atoms with Crippen LogP contribution in [0.4, 0.5) is 0 Å². The van der Waals surface area contributed by atoms with Gasteiger partial charge in [-0.3, -0.25) is 0 Å². The Morgan fingerprint density at radius 3 is 2.60 bits per heavy atom. The number of aldehydes is 1. The predicted molar refractivity (Wildman–Crippen MR) is 41.8 cm³/mol. The summed E-state index contributed by atoms with van der Waals surface area (Å²) in [6.45, 7) is 0. The molecule has 0 unspecified atom stereocenters. The molecule has 0 N–H and O–H groups in total. The highest BCUT2D eigenvalue weighted by molar-refractivity contribution is 5.51. The van der Waals surface area contributed by atoms with Crippen LogP contribution in [0.3, 0.4) is 0 Å². The molecule has 1 aliphatic carbocycles. The van der Waals surface area contributed by atoms with Gasteiger partial charge in [-0.2, -0.15) is 0 Å². The van der Waals surface area contributed by atoms with E-state index in [4.69, 9.17) is 0 Å². The Bertz CT molecular complexity index is 121. The van der Waals surface area contributed by atoms with Gasteiger partial charge >= 0.3 is 0 Å². The maximum atomic E-state index is 9.93. The SMILES string of the molecule is O=CC/C=C\C1CCCC1. The van der Waals surface area contributed by atoms with Crippen LogP contribution in [0.15, 0.2) is 12.2 Å². The third-order valence-corrected chi connectivity index (χ3v) is 2.04. The molecule has 0 bridgehead atoms. The van der Waals surface area contributed by atoms with Crippen LogP contribution in [0.1, 0.15) is 32.1 Å². The van der Waals surface area contributed by atoms with Crippen molar-refractivity contribution < 1.29 is 4.79 Å². The lowest BCUT2D eigenvalue weighted by atomic mass is 10.1. The highest BCUT2D eigenvalue weighted by Crippen LogP contribution is 2.25. The fourth-order valence-electron chi connectivity index (χ4n) is 1.48. The number of hydrogen-bond donors (Lipinski definition) is 0. The minimum atomic E-state index is 0.594. The second kappa shape index (κ2) is 4.26. The van der Waals surface area contributed by atoms with E-state index in [0.29, 0.717) is 6.42 Å². The highest BCUT2D eigenvalue weighted by atomic mass is 16.1. The molecule has 0 aromatic carbocycles. The van der Waals surface area contributed by atoms with Gasteiger partial charge < -0.3 is 4.79 Å². The lowest BCUT2D eigenvalue weighted by Crippen LogP contribution is -1.84. The van der Waals surface area contributed by atoms with Gasteiger partial charge in [0.15, 0.2) is 0 Å². The predicted octanol–water partition coefficient (Wildman–Crippen LogP) is 2.32. The zero-order chi connectivity index (χ0) is 7.23. The molecule has 0 aromatic heterocycles. The molecule has 1 fully saturated rings. The monoisotopic (exact) mass is 138 g/mol. The van der Waals surface area contributed by atoms with Crippen molar-refractivity contribution in [2.24, 2.45) is 5.92 Å². The first-order valence-electron chi connectivity index (χ1n) is 4.04. The molecule has 0 aromatic rings. The highest BCUT2D eigenvalue weighted by Gasteiger charge is 2.10. The van der Waals surface area contributed by atoms with Crippen molar-refractivity contribution in [3.8, 4) is 0 Å². The minimum absolute atomic E-state index is 0.594. The molecule has 1 saturated carbocycles. The first-order valence-corrected chi connectivity index (χ1v) is 4.04. The summed E-state index contributed by atoms with van der Waals surface area (Å²) in [7, 11) is 0. The molecule has 0 spiro atoms. The van der Waals surface area contributed by atoms with Crippen molar-refractivity contribution in [1.82, 2.24) is 0 Å². The summed E-state index contributed by atoms with van der Waals surface area (Å²) in [4.78, 5) is 9.93. The van der Waals surface area contributed by atoms with Crippen LogP contribution >= 0.6 is 0 Å². The van der Waals surface area contributed by atoms with E-state index in [0.717, 1.165) is 12.2 Å². The van der Waals surface area contributed by atoms with Crippen molar-refractivity contribution >= 4 is 6.29 Å². The van der Waals surface area contributed by atoms with Gasteiger partial charge in [0.1, 0.15) is 6.29 Å². The molecule has 1 nitrogen and oxygen atoms in total. The van der Waals surface area contributed by atoms with Gasteiger partial charge in [0.2, 0.25) is 0 Å². The molecule has 0 radical (unpaired) electrons. The standard InChI is InChI=1S/C9H14O/c10-8-4-3-7-9-5-1-2-6-9/h3,7-9H,1-2,4-6H2/b7-3-. The van der Waals surface area contributed by atoms with E-state index < -0.39 is 0 Å². The largest absolute Gasteiger partial charge is 0.303 e. The maximum absolute atomic E-state index is 9.93. The van der Waals surface area contributed by atoms with Crippen LogP contribution in [0.2, 0.25) is 0 Å². The van der Waals surface area contributed by atoms with Crippen LogP contribution in [0, 0.1) is 5.92 Å². The number of hydrogen-bond acceptors (Lipinski definition) is 1. The Labute approximate surface area is 62.1 Å². The summed E-state index contributed by atoms with van der Waals surface area (Å²) in [5, 5.41) is 0. The fraction of sp³-hybridized carbons (Fsp3) is 0.667. The summed E-state index contributed by atoms with van der Waals surface area (Å²) >= 11 is 0. The van der Waals surface area contributed by atoms with Crippen molar-refractivity contribution in [1.29, 1.82) is 0 Å². The Balaban J connectivity index is 2.16. The molecular weight excluding hydrogens is 124 g/mol. The molecule has 0 aliphatic heterocycles. The topological polar surface area (TPSA) is 17.1 Å². The molecule has 0 heterocycles. The quantitative estimate of drug-likeness (QED) is 0.432. The molecule has 0 saturated heterocycles. The fourth-order valence-corrected chi connectivity index (χ4v) is 1.48. The lowest BCUT2D eigenvalue weighted by molar-refractivity contribution is -0.107. The summed E-state index contributed by atoms with van der Waals surface area (Å²) in [6.07, 6.45) is 11.1. The number of allylic oxidation sites excluding steroid dienone is 2. The maximum Gasteiger partial charge on any atom is 0.123 e. The van der Waals surface area contributed by atoms with Crippen molar-refractivity contribution in [3.63, 3.8) is 0 Å². The Morgan fingerprint density at radius 2 is 2.00 bits per heavy atom. The van der Waals surface area contributed by atoms with Gasteiger partial charge in [0, 0.05) is 6.42 Å². The van der Waals surface area contributed by atoms with Crippen LogP contribution in [-0.2, 0) is 4.79 Å². The molecule has 1 heteroatoms. The Hall–Kier alpha value is -0.590. The summed E-state index contributed by atoms with van der Waals surface area (Å²) in [6, 6.07) is 0. The van der Waals surface area contributed by atoms with Gasteiger partial charge in [-0.15, -0.1) is 0 Å². The van der Waals surface area contributed by atoms with Gasteiger partial charge in [0.05, 0.1) is 0 Å². The lowest BCUT2D eigenvalue weighted by Gasteiger charge is -1.97. The van der Waals surface area contributed by atoms with E-state index in [2.05, 4.69) is 6.08 Å². The average molecular weight is 138 g/mol. The molecule has 1 aliphatic rings. The Kier molecular flexibility index (Phi) is 3.20. The molecule has 1 rings (SSSR count). The van der Waals surface area contributed by atoms with Crippen molar-refractivity contribution in [3.05, 3.63) is 12.2 Å². The smallest absolute Gasteiger partial charge is 0.123 e. The third kappa shape index (κ3) is 2.34. The van der Waals surface area contributed by atoms with Crippen LogP contribution in [0.5, 0.6) is 0 Å². The third-order valence-electron chi connectivity index (χ3n) is 2.04. The van der Waals surface area contributed by atoms with Gasteiger partial charge in [0.25, 0.3) is 0 Å². The average Bonchev–Trinajstić information content (AvgIpc) is 2.41. The van der Waals surface area contributed by atoms with Gasteiger partial charge in [-0.1, -0.05) is 25.0 Å². The first-order chi connectivity index (χ1) is 4.93. The second-order valence-electron chi connectivity index (χ2n) is 2.88. The van der Waals surface area contributed by atoms with Crippen LogP contribution in [-0.4, -0.2) is 6.29 Å². The normalized spacial score (nSPS) is 20.4. The zero-order valence-electron chi connectivity index (χ0n) is 6.25. The molecule has 10 heavy (non-hydrogen) atoms. The summed E-state index contributed by atoms with van der Waals surface area (Å²) in [5.74, 6) is 0.778. The van der Waals surface area contributed by atoms with E-state index in [1.165, 1.54) is 25.7 Å². The van der Waals surface area contributed by atoms with Crippen LogP contribution in [0.25, 0.3) is 0 Å². The van der Waals surface area contributed by atoms with Gasteiger partial charge in [-0.05, 0) is 18.8 Å². The number of carbonyl (C=O) groups is 1. The molecule has 0 amide bonds. The van der Waals surface area contributed by atoms with E-state index in [9.17, 15) is 4.79 Å².